The highest BCUT2D eigenvalue weighted by Gasteiger charge is 2.18. The van der Waals surface area contributed by atoms with Gasteiger partial charge < -0.3 is 16.4 Å². The standard InChI is InChI=1S/C14H17N5/c15-12-9-13(18-14(16)17-12)19-8-4-3-6-10-5-1-2-7-11(10)19/h1-2,5,7,9H,3-4,6,8H2,(H4,15,16,17,18). The molecule has 5 heteroatoms. The Morgan fingerprint density at radius 3 is 2.74 bits per heavy atom. The average Bonchev–Trinajstić information content (AvgIpc) is 2.59. The second-order valence-corrected chi connectivity index (χ2v) is 4.75. The third-order valence-electron chi connectivity index (χ3n) is 3.39. The summed E-state index contributed by atoms with van der Waals surface area (Å²) in [6, 6.07) is 10.2. The molecule has 0 saturated heterocycles. The predicted octanol–water partition coefficient (Wildman–Crippen LogP) is 2.12. The number of rotatable bonds is 1. The first kappa shape index (κ1) is 11.8. The quantitative estimate of drug-likeness (QED) is 0.815. The predicted molar refractivity (Wildman–Crippen MR) is 77.2 cm³/mol. The van der Waals surface area contributed by atoms with Crippen LogP contribution in [0, 0.1) is 0 Å². The average molecular weight is 255 g/mol. The number of hydrogen-bond donors (Lipinski definition) is 2. The van der Waals surface area contributed by atoms with Crippen LogP contribution in [0.25, 0.3) is 0 Å². The lowest BCUT2D eigenvalue weighted by Crippen LogP contribution is -2.20. The molecule has 1 aliphatic rings. The Labute approximate surface area is 112 Å². The molecule has 4 N–H and O–H groups in total. The Bertz CT molecular complexity index is 576. The lowest BCUT2D eigenvalue weighted by atomic mass is 10.1. The van der Waals surface area contributed by atoms with Crippen molar-refractivity contribution in [2.75, 3.05) is 22.9 Å². The summed E-state index contributed by atoms with van der Waals surface area (Å²) in [7, 11) is 0. The van der Waals surface area contributed by atoms with Crippen LogP contribution in [0.1, 0.15) is 18.4 Å². The maximum atomic E-state index is 5.77. The zero-order chi connectivity index (χ0) is 13.2. The van der Waals surface area contributed by atoms with E-state index in [1.807, 2.05) is 6.07 Å². The summed E-state index contributed by atoms with van der Waals surface area (Å²) in [6.07, 6.45) is 3.41. The van der Waals surface area contributed by atoms with Crippen LogP contribution in [-0.4, -0.2) is 16.5 Å². The van der Waals surface area contributed by atoms with Gasteiger partial charge in [-0.25, -0.2) is 0 Å². The van der Waals surface area contributed by atoms with Gasteiger partial charge in [0.25, 0.3) is 0 Å². The lowest BCUT2D eigenvalue weighted by molar-refractivity contribution is 0.757. The van der Waals surface area contributed by atoms with E-state index in [2.05, 4.69) is 33.1 Å². The molecule has 1 aliphatic heterocycles. The van der Waals surface area contributed by atoms with Crippen molar-refractivity contribution in [3.63, 3.8) is 0 Å². The smallest absolute Gasteiger partial charge is 0.223 e. The van der Waals surface area contributed by atoms with Crippen LogP contribution in [0.2, 0.25) is 0 Å². The molecular formula is C14H17N5. The molecule has 0 aliphatic carbocycles. The number of para-hydroxylation sites is 1. The van der Waals surface area contributed by atoms with Crippen molar-refractivity contribution < 1.29 is 0 Å². The van der Waals surface area contributed by atoms with Crippen LogP contribution < -0.4 is 16.4 Å². The molecule has 5 nitrogen and oxygen atoms in total. The van der Waals surface area contributed by atoms with Gasteiger partial charge in [-0.3, -0.25) is 0 Å². The van der Waals surface area contributed by atoms with Gasteiger partial charge in [0, 0.05) is 18.3 Å². The normalized spacial score (nSPS) is 14.8. The fourth-order valence-corrected chi connectivity index (χ4v) is 2.54. The number of nitrogens with two attached hydrogens (primary N) is 2. The van der Waals surface area contributed by atoms with Crippen molar-refractivity contribution in [3.05, 3.63) is 35.9 Å². The SMILES string of the molecule is Nc1cc(N2CCCCc3ccccc32)nc(N)n1. The maximum absolute atomic E-state index is 5.77. The van der Waals surface area contributed by atoms with E-state index in [9.17, 15) is 0 Å². The molecule has 0 unspecified atom stereocenters. The summed E-state index contributed by atoms with van der Waals surface area (Å²) in [5, 5.41) is 0. The number of hydrogen-bond acceptors (Lipinski definition) is 5. The van der Waals surface area contributed by atoms with Crippen molar-refractivity contribution in [1.82, 2.24) is 9.97 Å². The number of aromatic nitrogens is 2. The molecule has 0 spiro atoms. The number of anilines is 4. The first-order chi connectivity index (χ1) is 9.24. The molecule has 0 bridgehead atoms. The van der Waals surface area contributed by atoms with Gasteiger partial charge in [-0.2, -0.15) is 9.97 Å². The second-order valence-electron chi connectivity index (χ2n) is 4.75. The van der Waals surface area contributed by atoms with Crippen LogP contribution >= 0.6 is 0 Å². The zero-order valence-electron chi connectivity index (χ0n) is 10.7. The summed E-state index contributed by atoms with van der Waals surface area (Å²) in [5.74, 6) is 1.40. The van der Waals surface area contributed by atoms with Gasteiger partial charge in [-0.15, -0.1) is 0 Å². The minimum absolute atomic E-state index is 0.219. The van der Waals surface area contributed by atoms with Gasteiger partial charge in [0.1, 0.15) is 11.6 Å². The van der Waals surface area contributed by atoms with Crippen LogP contribution in [0.3, 0.4) is 0 Å². The molecule has 1 aromatic heterocycles. The first-order valence-electron chi connectivity index (χ1n) is 6.49. The molecule has 98 valence electrons. The Balaban J connectivity index is 2.09. The van der Waals surface area contributed by atoms with Gasteiger partial charge in [0.15, 0.2) is 0 Å². The van der Waals surface area contributed by atoms with Crippen molar-refractivity contribution >= 4 is 23.3 Å². The molecule has 0 amide bonds. The van der Waals surface area contributed by atoms with Crippen LogP contribution in [0.4, 0.5) is 23.3 Å². The minimum atomic E-state index is 0.219. The highest BCUT2D eigenvalue weighted by Crippen LogP contribution is 2.32. The summed E-state index contributed by atoms with van der Waals surface area (Å²) in [5.41, 5.74) is 14.0. The van der Waals surface area contributed by atoms with E-state index >= 15 is 0 Å². The molecule has 0 saturated carbocycles. The van der Waals surface area contributed by atoms with Gasteiger partial charge in [0.05, 0.1) is 0 Å². The lowest BCUT2D eigenvalue weighted by Gasteiger charge is -2.24. The Morgan fingerprint density at radius 2 is 1.89 bits per heavy atom. The van der Waals surface area contributed by atoms with Gasteiger partial charge in [-0.05, 0) is 30.9 Å². The first-order valence-corrected chi connectivity index (χ1v) is 6.49. The van der Waals surface area contributed by atoms with Gasteiger partial charge >= 0.3 is 0 Å². The molecule has 2 heterocycles. The Hall–Kier alpha value is -2.30. The number of fused-ring (bicyclic) bond motifs is 1. The minimum Gasteiger partial charge on any atom is -0.383 e. The summed E-state index contributed by atoms with van der Waals surface area (Å²) in [6.45, 7) is 0.924. The Morgan fingerprint density at radius 1 is 1.05 bits per heavy atom. The molecule has 2 aromatic rings. The maximum Gasteiger partial charge on any atom is 0.223 e. The third-order valence-corrected chi connectivity index (χ3v) is 3.39. The van der Waals surface area contributed by atoms with Crippen molar-refractivity contribution in [2.45, 2.75) is 19.3 Å². The summed E-state index contributed by atoms with van der Waals surface area (Å²) in [4.78, 5) is 10.4. The molecule has 1 aromatic carbocycles. The van der Waals surface area contributed by atoms with E-state index in [0.29, 0.717) is 5.82 Å². The molecule has 0 atom stereocenters. The van der Waals surface area contributed by atoms with E-state index in [-0.39, 0.29) is 5.95 Å². The second kappa shape index (κ2) is 4.76. The highest BCUT2D eigenvalue weighted by molar-refractivity contribution is 5.66. The monoisotopic (exact) mass is 255 g/mol. The highest BCUT2D eigenvalue weighted by atomic mass is 15.2. The molecule has 19 heavy (non-hydrogen) atoms. The van der Waals surface area contributed by atoms with Gasteiger partial charge in [-0.1, -0.05) is 18.2 Å². The number of nitrogens with zero attached hydrogens (tertiary/aromatic N) is 3. The van der Waals surface area contributed by atoms with E-state index < -0.39 is 0 Å². The molecule has 3 rings (SSSR count). The van der Waals surface area contributed by atoms with E-state index in [1.54, 1.807) is 6.07 Å². The van der Waals surface area contributed by atoms with Crippen LogP contribution in [0.15, 0.2) is 30.3 Å². The van der Waals surface area contributed by atoms with E-state index in [0.717, 1.165) is 25.2 Å². The van der Waals surface area contributed by atoms with Crippen LogP contribution in [-0.2, 0) is 6.42 Å². The molecule has 0 fully saturated rings. The number of benzene rings is 1. The largest absolute Gasteiger partial charge is 0.383 e. The summed E-state index contributed by atoms with van der Waals surface area (Å²) < 4.78 is 0. The van der Waals surface area contributed by atoms with Crippen molar-refractivity contribution in [3.8, 4) is 0 Å². The molecular weight excluding hydrogens is 238 g/mol. The molecule has 0 radical (unpaired) electrons. The fourth-order valence-electron chi connectivity index (χ4n) is 2.54. The number of aryl methyl sites for hydroxylation is 1. The zero-order valence-corrected chi connectivity index (χ0v) is 10.7. The van der Waals surface area contributed by atoms with Crippen LogP contribution in [0.5, 0.6) is 0 Å². The number of nitrogen functional groups attached to an aromatic ring is 2. The van der Waals surface area contributed by atoms with Crippen molar-refractivity contribution in [2.24, 2.45) is 0 Å². The van der Waals surface area contributed by atoms with E-state index in [1.165, 1.54) is 17.7 Å². The fraction of sp³-hybridized carbons (Fsp3) is 0.286. The summed E-state index contributed by atoms with van der Waals surface area (Å²) >= 11 is 0. The third kappa shape index (κ3) is 2.31. The van der Waals surface area contributed by atoms with Crippen molar-refractivity contribution in [1.29, 1.82) is 0 Å². The topological polar surface area (TPSA) is 81.1 Å². The van der Waals surface area contributed by atoms with E-state index in [4.69, 9.17) is 11.5 Å². The Kier molecular flexibility index (Phi) is 2.95. The van der Waals surface area contributed by atoms with Gasteiger partial charge in [0.2, 0.25) is 5.95 Å².